The fraction of sp³-hybridized carbons (Fsp3) is 0.688. The maximum Gasteiger partial charge on any atom is 0.329 e. The summed E-state index contributed by atoms with van der Waals surface area (Å²) in [5, 5.41) is 0. The molecule has 1 fully saturated rings. The van der Waals surface area contributed by atoms with E-state index < -0.39 is 11.2 Å². The van der Waals surface area contributed by atoms with Crippen molar-refractivity contribution in [1.29, 1.82) is 0 Å². The third kappa shape index (κ3) is 4.12. The molecule has 1 aromatic heterocycles. The van der Waals surface area contributed by atoms with Crippen molar-refractivity contribution in [2.45, 2.75) is 46.4 Å². The van der Waals surface area contributed by atoms with Crippen molar-refractivity contribution in [2.24, 2.45) is 5.92 Å². The van der Waals surface area contributed by atoms with Crippen LogP contribution in [0.3, 0.4) is 0 Å². The zero-order valence-electron chi connectivity index (χ0n) is 14.7. The second-order valence-electron chi connectivity index (χ2n) is 6.90. The average Bonchev–Trinajstić information content (AvgIpc) is 2.41. The summed E-state index contributed by atoms with van der Waals surface area (Å²) in [7, 11) is 0. The van der Waals surface area contributed by atoms with E-state index >= 15 is 0 Å². The number of H-pyrrole nitrogens is 1. The van der Waals surface area contributed by atoms with Gasteiger partial charge >= 0.3 is 5.69 Å². The number of morpholine rings is 1. The summed E-state index contributed by atoms with van der Waals surface area (Å²) in [6.07, 6.45) is 0.0409. The van der Waals surface area contributed by atoms with Gasteiger partial charge in [0.25, 0.3) is 5.56 Å². The summed E-state index contributed by atoms with van der Waals surface area (Å²) >= 11 is 0. The number of carbonyl (C=O) groups excluding carboxylic acids is 1. The van der Waals surface area contributed by atoms with E-state index in [1.165, 1.54) is 4.57 Å². The Hall–Kier alpha value is -1.93. The van der Waals surface area contributed by atoms with Gasteiger partial charge in [0.15, 0.2) is 5.78 Å². The molecule has 2 unspecified atom stereocenters. The van der Waals surface area contributed by atoms with Crippen LogP contribution in [-0.4, -0.2) is 52.1 Å². The van der Waals surface area contributed by atoms with Gasteiger partial charge in [-0.15, -0.1) is 0 Å². The molecule has 1 aliphatic heterocycles. The Morgan fingerprint density at radius 3 is 2.42 bits per heavy atom. The summed E-state index contributed by atoms with van der Waals surface area (Å²) in [6, 6.07) is 0. The van der Waals surface area contributed by atoms with E-state index in [1.807, 2.05) is 32.6 Å². The van der Waals surface area contributed by atoms with E-state index in [2.05, 4.69) is 4.98 Å². The van der Waals surface area contributed by atoms with Crippen molar-refractivity contribution < 1.29 is 9.53 Å². The lowest BCUT2D eigenvalue weighted by Crippen LogP contribution is -2.48. The highest BCUT2D eigenvalue weighted by molar-refractivity contribution is 6.01. The number of nitrogen functional groups attached to an aromatic ring is 1. The molecule has 2 heterocycles. The molecular formula is C16H26N4O4. The number of Topliss-reactive ketones (excluding diaryl/α,β-unsaturated/α-hetero) is 1. The predicted octanol–water partition coefficient (Wildman–Crippen LogP) is 0.0667. The van der Waals surface area contributed by atoms with Gasteiger partial charge in [-0.2, -0.15) is 0 Å². The molecule has 2 rings (SSSR count). The summed E-state index contributed by atoms with van der Waals surface area (Å²) in [5.74, 6) is -0.288. The Morgan fingerprint density at radius 1 is 1.29 bits per heavy atom. The van der Waals surface area contributed by atoms with E-state index in [0.717, 1.165) is 0 Å². The topological polar surface area (TPSA) is 110 Å². The minimum Gasteiger partial charge on any atom is -0.384 e. The maximum absolute atomic E-state index is 12.6. The number of hydrogen-bond acceptors (Lipinski definition) is 6. The fourth-order valence-corrected chi connectivity index (χ4v) is 3.10. The number of anilines is 1. The molecular weight excluding hydrogens is 312 g/mol. The van der Waals surface area contributed by atoms with Crippen molar-refractivity contribution in [3.8, 4) is 0 Å². The maximum atomic E-state index is 12.6. The van der Waals surface area contributed by atoms with E-state index in [4.69, 9.17) is 10.5 Å². The van der Waals surface area contributed by atoms with Gasteiger partial charge in [0.2, 0.25) is 0 Å². The Morgan fingerprint density at radius 2 is 1.88 bits per heavy atom. The minimum atomic E-state index is -0.725. The molecule has 0 bridgehead atoms. The summed E-state index contributed by atoms with van der Waals surface area (Å²) in [5.41, 5.74) is 4.52. The third-order valence-corrected chi connectivity index (χ3v) is 3.93. The second kappa shape index (κ2) is 7.31. The van der Waals surface area contributed by atoms with Crippen molar-refractivity contribution in [3.63, 3.8) is 0 Å². The van der Waals surface area contributed by atoms with Gasteiger partial charge in [-0.3, -0.25) is 24.0 Å². The Kier molecular flexibility index (Phi) is 5.61. The van der Waals surface area contributed by atoms with Crippen molar-refractivity contribution in [1.82, 2.24) is 14.5 Å². The summed E-state index contributed by atoms with van der Waals surface area (Å²) in [4.78, 5) is 40.8. The molecule has 2 atom stereocenters. The standard InChI is InChI=1S/C16H26N4O4/c1-9(2)5-20-14(17)13(15(22)18-16(20)23)12(21)8-19-6-10(3)24-11(4)7-19/h9-11H,5-8,17H2,1-4H3,(H,18,22,23). The molecule has 8 nitrogen and oxygen atoms in total. The number of rotatable bonds is 5. The molecule has 0 radical (unpaired) electrons. The highest BCUT2D eigenvalue weighted by Crippen LogP contribution is 2.13. The summed E-state index contributed by atoms with van der Waals surface area (Å²) in [6.45, 7) is 9.37. The van der Waals surface area contributed by atoms with E-state index in [9.17, 15) is 14.4 Å². The van der Waals surface area contributed by atoms with Crippen LogP contribution < -0.4 is 17.0 Å². The minimum absolute atomic E-state index is 0.0204. The molecule has 1 saturated heterocycles. The normalized spacial score (nSPS) is 22.0. The number of aromatic nitrogens is 2. The van der Waals surface area contributed by atoms with Crippen LogP contribution in [0.2, 0.25) is 0 Å². The fourth-order valence-electron chi connectivity index (χ4n) is 3.10. The SMILES string of the molecule is CC(C)Cn1c(N)c(C(=O)CN2CC(C)OC(C)C2)c(=O)[nH]c1=O. The third-order valence-electron chi connectivity index (χ3n) is 3.93. The first-order chi connectivity index (χ1) is 11.2. The molecule has 1 aliphatic rings. The molecule has 8 heteroatoms. The first-order valence-electron chi connectivity index (χ1n) is 8.22. The smallest absolute Gasteiger partial charge is 0.329 e. The van der Waals surface area contributed by atoms with Gasteiger partial charge in [-0.05, 0) is 19.8 Å². The van der Waals surface area contributed by atoms with E-state index in [0.29, 0.717) is 19.6 Å². The quantitative estimate of drug-likeness (QED) is 0.735. The molecule has 0 amide bonds. The van der Waals surface area contributed by atoms with E-state index in [1.54, 1.807) is 0 Å². The number of aromatic amines is 1. The number of ether oxygens (including phenoxy) is 1. The zero-order valence-corrected chi connectivity index (χ0v) is 14.7. The first-order valence-corrected chi connectivity index (χ1v) is 8.22. The van der Waals surface area contributed by atoms with Crippen LogP contribution in [0.4, 0.5) is 5.82 Å². The lowest BCUT2D eigenvalue weighted by atomic mass is 10.1. The van der Waals surface area contributed by atoms with Crippen LogP contribution >= 0.6 is 0 Å². The predicted molar refractivity (Wildman–Crippen MR) is 91.4 cm³/mol. The van der Waals surface area contributed by atoms with Crippen LogP contribution in [0.1, 0.15) is 38.1 Å². The van der Waals surface area contributed by atoms with Crippen LogP contribution in [0, 0.1) is 5.92 Å². The largest absolute Gasteiger partial charge is 0.384 e. The highest BCUT2D eigenvalue weighted by Gasteiger charge is 2.26. The molecule has 0 aromatic carbocycles. The molecule has 3 N–H and O–H groups in total. The highest BCUT2D eigenvalue weighted by atomic mass is 16.5. The molecule has 0 aliphatic carbocycles. The molecule has 134 valence electrons. The van der Waals surface area contributed by atoms with E-state index in [-0.39, 0.29) is 41.8 Å². The lowest BCUT2D eigenvalue weighted by Gasteiger charge is -2.34. The van der Waals surface area contributed by atoms with Crippen LogP contribution in [0.25, 0.3) is 0 Å². The van der Waals surface area contributed by atoms with Gasteiger partial charge in [0, 0.05) is 19.6 Å². The van der Waals surface area contributed by atoms with Gasteiger partial charge in [-0.25, -0.2) is 4.79 Å². The number of nitrogens with zero attached hydrogens (tertiary/aromatic N) is 2. The Balaban J connectivity index is 2.29. The van der Waals surface area contributed by atoms with Gasteiger partial charge < -0.3 is 10.5 Å². The number of nitrogens with two attached hydrogens (primary N) is 1. The van der Waals surface area contributed by atoms with Gasteiger partial charge in [0.05, 0.1) is 18.8 Å². The molecule has 1 aromatic rings. The van der Waals surface area contributed by atoms with Gasteiger partial charge in [-0.1, -0.05) is 13.8 Å². The first kappa shape index (κ1) is 18.4. The number of hydrogen-bond donors (Lipinski definition) is 2. The van der Waals surface area contributed by atoms with Crippen molar-refractivity contribution in [2.75, 3.05) is 25.4 Å². The Bertz CT molecular complexity index is 712. The second-order valence-corrected chi connectivity index (χ2v) is 6.90. The van der Waals surface area contributed by atoms with Crippen molar-refractivity contribution >= 4 is 11.6 Å². The average molecular weight is 338 g/mol. The van der Waals surface area contributed by atoms with Gasteiger partial charge in [0.1, 0.15) is 11.4 Å². The molecule has 0 spiro atoms. The summed E-state index contributed by atoms with van der Waals surface area (Å²) < 4.78 is 6.89. The number of ketones is 1. The lowest BCUT2D eigenvalue weighted by molar-refractivity contribution is -0.0652. The number of nitrogens with one attached hydrogen (secondary N) is 1. The molecule has 0 saturated carbocycles. The molecule has 24 heavy (non-hydrogen) atoms. The van der Waals surface area contributed by atoms with Crippen LogP contribution in [-0.2, 0) is 11.3 Å². The van der Waals surface area contributed by atoms with Crippen molar-refractivity contribution in [3.05, 3.63) is 26.4 Å². The van der Waals surface area contributed by atoms with Crippen LogP contribution in [0.15, 0.2) is 9.59 Å². The van der Waals surface area contributed by atoms with Crippen LogP contribution in [0.5, 0.6) is 0 Å². The monoisotopic (exact) mass is 338 g/mol. The Labute approximate surface area is 140 Å². The number of carbonyl (C=O) groups is 1. The zero-order chi connectivity index (χ0) is 18.0.